The van der Waals surface area contributed by atoms with E-state index in [1.54, 1.807) is 7.05 Å². The molecule has 0 fully saturated rings. The topological polar surface area (TPSA) is 58.6 Å². The van der Waals surface area contributed by atoms with E-state index >= 15 is 0 Å². The van der Waals surface area contributed by atoms with E-state index in [1.165, 1.54) is 0 Å². The Hall–Kier alpha value is -2.07. The number of aliphatic hydroxyl groups excluding tert-OH is 1. The van der Waals surface area contributed by atoms with Crippen molar-refractivity contribution in [1.82, 2.24) is 5.32 Å². The molecule has 0 aliphatic carbocycles. The third-order valence-electron chi connectivity index (χ3n) is 3.24. The van der Waals surface area contributed by atoms with E-state index in [1.807, 2.05) is 36.4 Å². The van der Waals surface area contributed by atoms with E-state index in [-0.39, 0.29) is 12.5 Å². The number of carbonyl (C=O) groups is 1. The fraction of sp³-hybridized carbons (Fsp3) is 0.312. The molecular formula is C16H19NO3. The molecule has 0 aliphatic rings. The highest BCUT2D eigenvalue weighted by molar-refractivity contribution is 5.87. The third-order valence-corrected chi connectivity index (χ3v) is 3.24. The number of amides is 1. The molecule has 1 amide bonds. The molecule has 2 rings (SSSR count). The molecule has 2 N–H and O–H groups in total. The van der Waals surface area contributed by atoms with Crippen LogP contribution in [0.5, 0.6) is 5.75 Å². The molecule has 2 aromatic carbocycles. The summed E-state index contributed by atoms with van der Waals surface area (Å²) in [5, 5.41) is 14.2. The molecule has 4 heteroatoms. The van der Waals surface area contributed by atoms with Crippen LogP contribution in [0.3, 0.4) is 0 Å². The zero-order valence-corrected chi connectivity index (χ0v) is 11.6. The molecule has 0 radical (unpaired) electrons. The first kappa shape index (κ1) is 14.3. The summed E-state index contributed by atoms with van der Waals surface area (Å²) in [6.45, 7) is 0.394. The van der Waals surface area contributed by atoms with Crippen molar-refractivity contribution in [3.8, 4) is 5.75 Å². The summed E-state index contributed by atoms with van der Waals surface area (Å²) in [7, 11) is 1.62. The van der Waals surface area contributed by atoms with Gasteiger partial charge in [-0.25, -0.2) is 0 Å². The lowest BCUT2D eigenvalue weighted by Crippen LogP contribution is -2.18. The number of aliphatic hydroxyl groups is 1. The van der Waals surface area contributed by atoms with Crippen LogP contribution >= 0.6 is 0 Å². The van der Waals surface area contributed by atoms with E-state index in [9.17, 15) is 9.90 Å². The minimum absolute atomic E-state index is 0.00879. The highest BCUT2D eigenvalue weighted by Crippen LogP contribution is 2.28. The van der Waals surface area contributed by atoms with Gasteiger partial charge in [0, 0.05) is 19.0 Å². The molecule has 0 aromatic heterocycles. The van der Waals surface area contributed by atoms with Crippen molar-refractivity contribution in [2.75, 3.05) is 13.7 Å². The van der Waals surface area contributed by atoms with E-state index in [0.717, 1.165) is 16.3 Å². The molecule has 0 saturated carbocycles. The number of fused-ring (bicyclic) bond motifs is 1. The Kier molecular flexibility index (Phi) is 4.96. The number of ether oxygens (including phenoxy) is 1. The second-order valence-corrected chi connectivity index (χ2v) is 4.55. The average molecular weight is 273 g/mol. The molecule has 4 nitrogen and oxygen atoms in total. The summed E-state index contributed by atoms with van der Waals surface area (Å²) in [5.74, 6) is 0.692. The number of carbonyl (C=O) groups excluding carboxylic acids is 1. The standard InChI is InChI=1S/C16H19NO3/c1-17-16(19)7-4-10-20-15-9-8-12-5-2-3-6-13(12)14(15)11-18/h2-3,5-6,8-9,18H,4,7,10-11H2,1H3,(H,17,19). The Morgan fingerprint density at radius 3 is 2.80 bits per heavy atom. The molecule has 0 atom stereocenters. The van der Waals surface area contributed by atoms with Crippen molar-refractivity contribution in [3.05, 3.63) is 42.0 Å². The number of hydrogen-bond acceptors (Lipinski definition) is 3. The van der Waals surface area contributed by atoms with Gasteiger partial charge < -0.3 is 15.2 Å². The van der Waals surface area contributed by atoms with Crippen LogP contribution in [0.15, 0.2) is 36.4 Å². The molecule has 20 heavy (non-hydrogen) atoms. The first-order chi connectivity index (χ1) is 9.76. The van der Waals surface area contributed by atoms with E-state index in [0.29, 0.717) is 25.2 Å². The zero-order valence-electron chi connectivity index (χ0n) is 11.6. The molecule has 0 heterocycles. The van der Waals surface area contributed by atoms with Gasteiger partial charge in [0.05, 0.1) is 13.2 Å². The Morgan fingerprint density at radius 2 is 2.05 bits per heavy atom. The van der Waals surface area contributed by atoms with Gasteiger partial charge in [-0.1, -0.05) is 30.3 Å². The van der Waals surface area contributed by atoms with Crippen LogP contribution in [0.1, 0.15) is 18.4 Å². The van der Waals surface area contributed by atoms with Gasteiger partial charge in [-0.2, -0.15) is 0 Å². The van der Waals surface area contributed by atoms with Gasteiger partial charge in [0.25, 0.3) is 0 Å². The van der Waals surface area contributed by atoms with Gasteiger partial charge in [0.2, 0.25) is 5.91 Å². The fourth-order valence-electron chi connectivity index (χ4n) is 2.15. The average Bonchev–Trinajstić information content (AvgIpc) is 2.50. The molecule has 0 unspecified atom stereocenters. The second kappa shape index (κ2) is 6.91. The quantitative estimate of drug-likeness (QED) is 0.794. The minimum atomic E-state index is -0.0634. The Labute approximate surface area is 118 Å². The van der Waals surface area contributed by atoms with Crippen LogP contribution < -0.4 is 10.1 Å². The first-order valence-electron chi connectivity index (χ1n) is 6.71. The van der Waals surface area contributed by atoms with Crippen LogP contribution in [-0.2, 0) is 11.4 Å². The lowest BCUT2D eigenvalue weighted by atomic mass is 10.0. The maximum atomic E-state index is 11.1. The third kappa shape index (κ3) is 3.27. The number of rotatable bonds is 6. The van der Waals surface area contributed by atoms with Gasteiger partial charge in [0.1, 0.15) is 5.75 Å². The number of benzene rings is 2. The van der Waals surface area contributed by atoms with E-state index < -0.39 is 0 Å². The highest BCUT2D eigenvalue weighted by atomic mass is 16.5. The summed E-state index contributed by atoms with van der Waals surface area (Å²) in [5.41, 5.74) is 0.794. The van der Waals surface area contributed by atoms with Crippen LogP contribution in [0.4, 0.5) is 0 Å². The summed E-state index contributed by atoms with van der Waals surface area (Å²) >= 11 is 0. The molecule has 0 aliphatic heterocycles. The van der Waals surface area contributed by atoms with Crippen molar-refractivity contribution in [1.29, 1.82) is 0 Å². The molecule has 0 bridgehead atoms. The van der Waals surface area contributed by atoms with Crippen LogP contribution in [-0.4, -0.2) is 24.7 Å². The molecule has 0 spiro atoms. The van der Waals surface area contributed by atoms with Gasteiger partial charge in [-0.05, 0) is 23.3 Å². The van der Waals surface area contributed by atoms with E-state index in [4.69, 9.17) is 4.74 Å². The van der Waals surface area contributed by atoms with Gasteiger partial charge in [0.15, 0.2) is 0 Å². The summed E-state index contributed by atoms with van der Waals surface area (Å²) in [6, 6.07) is 11.7. The van der Waals surface area contributed by atoms with Gasteiger partial charge in [-0.15, -0.1) is 0 Å². The maximum absolute atomic E-state index is 11.1. The Bertz CT molecular complexity index is 595. The van der Waals surface area contributed by atoms with Crippen molar-refractivity contribution in [2.45, 2.75) is 19.4 Å². The highest BCUT2D eigenvalue weighted by Gasteiger charge is 2.08. The van der Waals surface area contributed by atoms with Crippen LogP contribution in [0.2, 0.25) is 0 Å². The maximum Gasteiger partial charge on any atom is 0.219 e. The summed E-state index contributed by atoms with van der Waals surface area (Å²) in [6.07, 6.45) is 1.09. The summed E-state index contributed by atoms with van der Waals surface area (Å²) in [4.78, 5) is 11.1. The predicted octanol–water partition coefficient (Wildman–Crippen LogP) is 2.24. The number of hydrogen-bond donors (Lipinski definition) is 2. The van der Waals surface area contributed by atoms with Crippen molar-refractivity contribution in [3.63, 3.8) is 0 Å². The summed E-state index contributed by atoms with van der Waals surface area (Å²) < 4.78 is 5.69. The lowest BCUT2D eigenvalue weighted by molar-refractivity contribution is -0.120. The van der Waals surface area contributed by atoms with Crippen molar-refractivity contribution in [2.24, 2.45) is 0 Å². The largest absolute Gasteiger partial charge is 0.493 e. The van der Waals surface area contributed by atoms with Crippen molar-refractivity contribution < 1.29 is 14.6 Å². The molecule has 106 valence electrons. The van der Waals surface area contributed by atoms with Crippen LogP contribution in [0, 0.1) is 0 Å². The SMILES string of the molecule is CNC(=O)CCCOc1ccc2ccccc2c1CO. The van der Waals surface area contributed by atoms with Gasteiger partial charge in [-0.3, -0.25) is 4.79 Å². The predicted molar refractivity (Wildman–Crippen MR) is 78.7 cm³/mol. The van der Waals surface area contributed by atoms with E-state index in [2.05, 4.69) is 5.32 Å². The van der Waals surface area contributed by atoms with Gasteiger partial charge >= 0.3 is 0 Å². The Morgan fingerprint density at radius 1 is 1.25 bits per heavy atom. The molecular weight excluding hydrogens is 254 g/mol. The smallest absolute Gasteiger partial charge is 0.219 e. The second-order valence-electron chi connectivity index (χ2n) is 4.55. The van der Waals surface area contributed by atoms with Crippen LogP contribution in [0.25, 0.3) is 10.8 Å². The molecule has 0 saturated heterocycles. The minimum Gasteiger partial charge on any atom is -0.493 e. The normalized spacial score (nSPS) is 10.5. The Balaban J connectivity index is 2.08. The zero-order chi connectivity index (χ0) is 14.4. The lowest BCUT2D eigenvalue weighted by Gasteiger charge is -2.12. The van der Waals surface area contributed by atoms with Crippen molar-refractivity contribution >= 4 is 16.7 Å². The first-order valence-corrected chi connectivity index (χ1v) is 6.71. The fourth-order valence-corrected chi connectivity index (χ4v) is 2.15. The molecule has 2 aromatic rings. The monoisotopic (exact) mass is 273 g/mol. The number of nitrogens with one attached hydrogen (secondary N) is 1.